The number of aliphatic hydroxyl groups excluding tert-OH is 1. The largest absolute Gasteiger partial charge is 0.394 e. The molecule has 1 saturated heterocycles. The van der Waals surface area contributed by atoms with E-state index in [0.29, 0.717) is 26.0 Å². The number of benzene rings is 1. The Morgan fingerprint density at radius 2 is 2.29 bits per heavy atom. The van der Waals surface area contributed by atoms with Crippen LogP contribution in [-0.2, 0) is 9.53 Å². The molecular weight excluding hydrogens is 359 g/mol. The minimum Gasteiger partial charge on any atom is -0.394 e. The average molecular weight is 386 g/mol. The zero-order chi connectivity index (χ0) is 19.9. The molecule has 0 saturated carbocycles. The second-order valence-corrected chi connectivity index (χ2v) is 7.14. The van der Waals surface area contributed by atoms with E-state index in [9.17, 15) is 14.3 Å². The molecule has 1 aliphatic carbocycles. The SMILES string of the molecule is C[C@@H](NC(=O)/C=C/C1=CC=C(F)CC1)c1cccc(N2CCOC(CO)C2)c1. The van der Waals surface area contributed by atoms with E-state index in [-0.39, 0.29) is 30.5 Å². The summed E-state index contributed by atoms with van der Waals surface area (Å²) in [5, 5.41) is 12.3. The lowest BCUT2D eigenvalue weighted by Crippen LogP contribution is -2.44. The van der Waals surface area contributed by atoms with E-state index in [2.05, 4.69) is 16.3 Å². The zero-order valence-corrected chi connectivity index (χ0v) is 16.1. The van der Waals surface area contributed by atoms with Gasteiger partial charge in [0.15, 0.2) is 0 Å². The Labute approximate surface area is 165 Å². The highest BCUT2D eigenvalue weighted by Crippen LogP contribution is 2.23. The Morgan fingerprint density at radius 3 is 3.04 bits per heavy atom. The van der Waals surface area contributed by atoms with Crippen molar-refractivity contribution < 1.29 is 19.0 Å². The monoisotopic (exact) mass is 386 g/mol. The van der Waals surface area contributed by atoms with Crippen molar-refractivity contribution in [2.75, 3.05) is 31.2 Å². The molecule has 1 aliphatic heterocycles. The molecule has 0 radical (unpaired) electrons. The molecule has 1 aromatic rings. The lowest BCUT2D eigenvalue weighted by molar-refractivity contribution is -0.117. The highest BCUT2D eigenvalue weighted by Gasteiger charge is 2.20. The van der Waals surface area contributed by atoms with Gasteiger partial charge in [-0.15, -0.1) is 0 Å². The van der Waals surface area contributed by atoms with Crippen molar-refractivity contribution in [3.63, 3.8) is 0 Å². The number of nitrogens with one attached hydrogen (secondary N) is 1. The van der Waals surface area contributed by atoms with Gasteiger partial charge in [-0.1, -0.05) is 24.3 Å². The van der Waals surface area contributed by atoms with Gasteiger partial charge in [-0.3, -0.25) is 4.79 Å². The summed E-state index contributed by atoms with van der Waals surface area (Å²) in [6.07, 6.45) is 7.22. The molecule has 0 bridgehead atoms. The minimum absolute atomic E-state index is 0.00779. The molecule has 2 aliphatic rings. The number of hydrogen-bond donors (Lipinski definition) is 2. The summed E-state index contributed by atoms with van der Waals surface area (Å²) in [4.78, 5) is 14.4. The zero-order valence-electron chi connectivity index (χ0n) is 16.1. The third-order valence-corrected chi connectivity index (χ3v) is 5.02. The number of anilines is 1. The summed E-state index contributed by atoms with van der Waals surface area (Å²) in [6.45, 7) is 3.95. The molecule has 1 amide bonds. The van der Waals surface area contributed by atoms with Gasteiger partial charge in [0.2, 0.25) is 5.91 Å². The number of aliphatic hydroxyl groups is 1. The predicted molar refractivity (Wildman–Crippen MR) is 108 cm³/mol. The molecule has 6 heteroatoms. The number of halogens is 1. The molecule has 3 rings (SSSR count). The number of amides is 1. The highest BCUT2D eigenvalue weighted by atomic mass is 19.1. The molecule has 1 heterocycles. The molecule has 0 aromatic heterocycles. The summed E-state index contributed by atoms with van der Waals surface area (Å²) >= 11 is 0. The molecule has 2 N–H and O–H groups in total. The highest BCUT2D eigenvalue weighted by molar-refractivity contribution is 5.88. The van der Waals surface area contributed by atoms with Crippen molar-refractivity contribution in [2.24, 2.45) is 0 Å². The molecule has 0 spiro atoms. The van der Waals surface area contributed by atoms with Crippen LogP contribution in [0.2, 0.25) is 0 Å². The first-order valence-corrected chi connectivity index (χ1v) is 9.66. The van der Waals surface area contributed by atoms with E-state index >= 15 is 0 Å². The van der Waals surface area contributed by atoms with Crippen LogP contribution < -0.4 is 10.2 Å². The standard InChI is InChI=1S/C22H27FN2O3/c1-16(24-22(27)10-7-17-5-8-19(23)9-6-17)18-3-2-4-20(13-18)25-11-12-28-21(14-25)15-26/h2-5,7-8,10,13,16,21,26H,6,9,11-12,14-15H2,1H3,(H,24,27)/b10-7+/t16-,21?/m1/s1. The van der Waals surface area contributed by atoms with Crippen molar-refractivity contribution in [2.45, 2.75) is 31.9 Å². The van der Waals surface area contributed by atoms with E-state index in [0.717, 1.165) is 23.4 Å². The van der Waals surface area contributed by atoms with Crippen molar-refractivity contribution in [1.29, 1.82) is 0 Å². The van der Waals surface area contributed by atoms with E-state index in [1.165, 1.54) is 12.2 Å². The van der Waals surface area contributed by atoms with Gasteiger partial charge in [0.25, 0.3) is 0 Å². The van der Waals surface area contributed by atoms with Crippen LogP contribution in [0.1, 0.15) is 31.4 Å². The lowest BCUT2D eigenvalue weighted by atomic mass is 10.0. The Kier molecular flexibility index (Phi) is 7.01. The minimum atomic E-state index is -0.180. The molecule has 1 unspecified atom stereocenters. The van der Waals surface area contributed by atoms with Crippen molar-refractivity contribution in [1.82, 2.24) is 5.32 Å². The second-order valence-electron chi connectivity index (χ2n) is 7.14. The number of carbonyl (C=O) groups is 1. The number of rotatable bonds is 6. The molecule has 28 heavy (non-hydrogen) atoms. The number of allylic oxidation sites excluding steroid dienone is 5. The normalized spacial score (nSPS) is 21.2. The quantitative estimate of drug-likeness (QED) is 0.737. The molecular formula is C22H27FN2O3. The number of morpholine rings is 1. The Hall–Kier alpha value is -2.44. The third kappa shape index (κ3) is 5.53. The van der Waals surface area contributed by atoms with E-state index in [1.807, 2.05) is 25.1 Å². The first kappa shape index (κ1) is 20.3. The topological polar surface area (TPSA) is 61.8 Å². The number of carbonyl (C=O) groups excluding carboxylic acids is 1. The number of ether oxygens (including phenoxy) is 1. The maximum atomic E-state index is 13.0. The fourth-order valence-corrected chi connectivity index (χ4v) is 3.35. The summed E-state index contributed by atoms with van der Waals surface area (Å²) in [6, 6.07) is 7.90. The molecule has 2 atom stereocenters. The van der Waals surface area contributed by atoms with Gasteiger partial charge in [-0.25, -0.2) is 4.39 Å². The van der Waals surface area contributed by atoms with Crippen LogP contribution in [0.4, 0.5) is 10.1 Å². The Balaban J connectivity index is 1.59. The summed E-state index contributed by atoms with van der Waals surface area (Å²) < 4.78 is 18.5. The van der Waals surface area contributed by atoms with Gasteiger partial charge < -0.3 is 20.1 Å². The second kappa shape index (κ2) is 9.66. The molecule has 5 nitrogen and oxygen atoms in total. The van der Waals surface area contributed by atoms with Crippen molar-refractivity contribution >= 4 is 11.6 Å². The Bertz CT molecular complexity index is 788. The van der Waals surface area contributed by atoms with Gasteiger partial charge in [0.05, 0.1) is 25.4 Å². The maximum absolute atomic E-state index is 13.0. The van der Waals surface area contributed by atoms with E-state index in [4.69, 9.17) is 4.74 Å². The molecule has 1 fully saturated rings. The molecule has 1 aromatic carbocycles. The van der Waals surface area contributed by atoms with Crippen LogP contribution in [0.5, 0.6) is 0 Å². The van der Waals surface area contributed by atoms with Crippen LogP contribution in [0.3, 0.4) is 0 Å². The first-order valence-electron chi connectivity index (χ1n) is 9.66. The average Bonchev–Trinajstić information content (AvgIpc) is 2.73. The number of hydrogen-bond acceptors (Lipinski definition) is 4. The summed E-state index contributed by atoms with van der Waals surface area (Å²) in [7, 11) is 0. The van der Waals surface area contributed by atoms with Gasteiger partial charge >= 0.3 is 0 Å². The smallest absolute Gasteiger partial charge is 0.244 e. The fraction of sp³-hybridized carbons (Fsp3) is 0.409. The Morgan fingerprint density at radius 1 is 1.43 bits per heavy atom. The third-order valence-electron chi connectivity index (χ3n) is 5.02. The van der Waals surface area contributed by atoms with Gasteiger partial charge in [0, 0.05) is 31.3 Å². The summed E-state index contributed by atoms with van der Waals surface area (Å²) in [5.41, 5.74) is 3.00. The van der Waals surface area contributed by atoms with Crippen molar-refractivity contribution in [3.05, 3.63) is 65.5 Å². The fourth-order valence-electron chi connectivity index (χ4n) is 3.35. The number of nitrogens with zero attached hydrogens (tertiary/aromatic N) is 1. The van der Waals surface area contributed by atoms with Gasteiger partial charge in [-0.05, 0) is 42.7 Å². The van der Waals surface area contributed by atoms with E-state index in [1.54, 1.807) is 12.2 Å². The van der Waals surface area contributed by atoms with Crippen molar-refractivity contribution in [3.8, 4) is 0 Å². The van der Waals surface area contributed by atoms with Crippen LogP contribution in [0.15, 0.2) is 60.0 Å². The predicted octanol–water partition coefficient (Wildman–Crippen LogP) is 3.19. The van der Waals surface area contributed by atoms with Crippen LogP contribution in [0.25, 0.3) is 0 Å². The van der Waals surface area contributed by atoms with Gasteiger partial charge in [0.1, 0.15) is 5.83 Å². The van der Waals surface area contributed by atoms with Crippen LogP contribution in [0, 0.1) is 0 Å². The van der Waals surface area contributed by atoms with Crippen LogP contribution >= 0.6 is 0 Å². The maximum Gasteiger partial charge on any atom is 0.244 e. The van der Waals surface area contributed by atoms with E-state index < -0.39 is 0 Å². The summed E-state index contributed by atoms with van der Waals surface area (Å²) in [5.74, 6) is -0.304. The van der Waals surface area contributed by atoms with Crippen LogP contribution in [-0.4, -0.2) is 43.4 Å². The molecule has 150 valence electrons. The first-order chi connectivity index (χ1) is 13.5. The van der Waals surface area contributed by atoms with Gasteiger partial charge in [-0.2, -0.15) is 0 Å². The lowest BCUT2D eigenvalue weighted by Gasteiger charge is -2.34.